The quantitative estimate of drug-likeness (QED) is 0.643. The zero-order valence-corrected chi connectivity index (χ0v) is 11.0. The summed E-state index contributed by atoms with van der Waals surface area (Å²) in [6.45, 7) is 4.60. The van der Waals surface area contributed by atoms with Crippen molar-refractivity contribution in [2.45, 2.75) is 19.9 Å². The molecule has 1 unspecified atom stereocenters. The van der Waals surface area contributed by atoms with Gasteiger partial charge in [0.15, 0.2) is 0 Å². The number of nitrogens with one attached hydrogen (secondary N) is 2. The molecule has 1 aromatic heterocycles. The molecular weight excluding hydrogens is 232 g/mol. The number of methoxy groups -OCH3 is 1. The van der Waals surface area contributed by atoms with Gasteiger partial charge in [0.1, 0.15) is 11.9 Å². The number of hydrogen-bond donors (Lipinski definition) is 3. The Kier molecular flexibility index (Phi) is 5.38. The number of rotatable bonds is 6. The number of nitrogens with zero attached hydrogens (tertiary/aromatic N) is 1. The van der Waals surface area contributed by atoms with Gasteiger partial charge in [0.2, 0.25) is 5.91 Å². The molecule has 0 radical (unpaired) electrons. The van der Waals surface area contributed by atoms with E-state index in [1.54, 1.807) is 20.1 Å². The lowest BCUT2D eigenvalue weighted by Gasteiger charge is -2.16. The molecule has 6 heteroatoms. The Balaban J connectivity index is 2.55. The first-order valence-electron chi connectivity index (χ1n) is 5.81. The average Bonchev–Trinajstić information content (AvgIpc) is 2.34. The average molecular weight is 252 g/mol. The summed E-state index contributed by atoms with van der Waals surface area (Å²) >= 11 is 0. The van der Waals surface area contributed by atoms with E-state index in [2.05, 4.69) is 15.6 Å². The van der Waals surface area contributed by atoms with Crippen LogP contribution >= 0.6 is 0 Å². The minimum Gasteiger partial charge on any atom is -0.396 e. The molecule has 0 aliphatic heterocycles. The molecule has 1 amide bonds. The van der Waals surface area contributed by atoms with Crippen molar-refractivity contribution >= 4 is 17.4 Å². The van der Waals surface area contributed by atoms with E-state index >= 15 is 0 Å². The van der Waals surface area contributed by atoms with Crippen LogP contribution in [0.1, 0.15) is 12.6 Å². The lowest BCUT2D eigenvalue weighted by Crippen LogP contribution is -2.39. The van der Waals surface area contributed by atoms with E-state index in [4.69, 9.17) is 10.5 Å². The maximum atomic E-state index is 11.7. The molecule has 1 aromatic rings. The van der Waals surface area contributed by atoms with Crippen molar-refractivity contribution in [2.24, 2.45) is 0 Å². The number of anilines is 2. The van der Waals surface area contributed by atoms with Gasteiger partial charge in [-0.1, -0.05) is 0 Å². The van der Waals surface area contributed by atoms with Crippen LogP contribution in [0.25, 0.3) is 0 Å². The molecule has 1 rings (SSSR count). The highest BCUT2D eigenvalue weighted by molar-refractivity contribution is 5.84. The van der Waals surface area contributed by atoms with E-state index in [1.165, 1.54) is 0 Å². The van der Waals surface area contributed by atoms with E-state index in [1.807, 2.05) is 13.0 Å². The number of amides is 1. The standard InChI is InChI=1S/C12H20N4O2/c1-8-4-5-10(13)11(15-8)16-9(2)12(17)14-6-7-18-3/h4-5,9H,6-7,13H2,1-3H3,(H,14,17)(H,15,16). The predicted octanol–water partition coefficient (Wildman–Crippen LogP) is 0.535. The summed E-state index contributed by atoms with van der Waals surface area (Å²) in [6.07, 6.45) is 0. The van der Waals surface area contributed by atoms with Crippen LogP contribution in [-0.4, -0.2) is 37.2 Å². The second-order valence-electron chi connectivity index (χ2n) is 4.04. The van der Waals surface area contributed by atoms with Crippen LogP contribution in [0.4, 0.5) is 11.5 Å². The molecular formula is C12H20N4O2. The molecule has 0 aliphatic rings. The van der Waals surface area contributed by atoms with Crippen LogP contribution < -0.4 is 16.4 Å². The minimum atomic E-state index is -0.404. The summed E-state index contributed by atoms with van der Waals surface area (Å²) in [5.41, 5.74) is 7.15. The summed E-state index contributed by atoms with van der Waals surface area (Å²) in [5, 5.41) is 5.73. The maximum absolute atomic E-state index is 11.7. The molecule has 4 N–H and O–H groups in total. The van der Waals surface area contributed by atoms with Crippen LogP contribution in [-0.2, 0) is 9.53 Å². The Bertz CT molecular complexity index is 409. The van der Waals surface area contributed by atoms with E-state index < -0.39 is 6.04 Å². The van der Waals surface area contributed by atoms with Crippen LogP contribution in [0.5, 0.6) is 0 Å². The molecule has 1 atom stereocenters. The Hall–Kier alpha value is -1.82. The van der Waals surface area contributed by atoms with Gasteiger partial charge in [-0.15, -0.1) is 0 Å². The first kappa shape index (κ1) is 14.2. The summed E-state index contributed by atoms with van der Waals surface area (Å²) < 4.78 is 4.86. The highest BCUT2D eigenvalue weighted by Crippen LogP contribution is 2.16. The number of carbonyl (C=O) groups excluding carboxylic acids is 1. The van der Waals surface area contributed by atoms with Crippen LogP contribution in [0, 0.1) is 6.92 Å². The zero-order chi connectivity index (χ0) is 13.5. The third-order valence-corrected chi connectivity index (χ3v) is 2.42. The van der Waals surface area contributed by atoms with Gasteiger partial charge >= 0.3 is 0 Å². The Morgan fingerprint density at radius 3 is 2.94 bits per heavy atom. The Morgan fingerprint density at radius 2 is 2.28 bits per heavy atom. The lowest BCUT2D eigenvalue weighted by molar-refractivity contribution is -0.121. The molecule has 0 aliphatic carbocycles. The number of hydrogen-bond acceptors (Lipinski definition) is 5. The number of ether oxygens (including phenoxy) is 1. The van der Waals surface area contributed by atoms with Gasteiger partial charge in [-0.3, -0.25) is 4.79 Å². The normalized spacial score (nSPS) is 11.9. The van der Waals surface area contributed by atoms with E-state index in [9.17, 15) is 4.79 Å². The fourth-order valence-corrected chi connectivity index (χ4v) is 1.38. The van der Waals surface area contributed by atoms with Gasteiger partial charge in [0.05, 0.1) is 12.3 Å². The van der Waals surface area contributed by atoms with Gasteiger partial charge in [0.25, 0.3) is 0 Å². The SMILES string of the molecule is COCCNC(=O)C(C)Nc1nc(C)ccc1N. The molecule has 0 aromatic carbocycles. The van der Waals surface area contributed by atoms with Crippen LogP contribution in [0.3, 0.4) is 0 Å². The van der Waals surface area contributed by atoms with Crippen LogP contribution in [0.2, 0.25) is 0 Å². The van der Waals surface area contributed by atoms with E-state index in [0.29, 0.717) is 24.7 Å². The second kappa shape index (κ2) is 6.80. The van der Waals surface area contributed by atoms with Crippen molar-refractivity contribution in [1.82, 2.24) is 10.3 Å². The van der Waals surface area contributed by atoms with Crippen molar-refractivity contribution in [1.29, 1.82) is 0 Å². The van der Waals surface area contributed by atoms with Gasteiger partial charge in [-0.2, -0.15) is 0 Å². The minimum absolute atomic E-state index is 0.116. The molecule has 0 spiro atoms. The third-order valence-electron chi connectivity index (χ3n) is 2.42. The number of aromatic nitrogens is 1. The summed E-state index contributed by atoms with van der Waals surface area (Å²) in [7, 11) is 1.59. The van der Waals surface area contributed by atoms with Crippen molar-refractivity contribution in [3.05, 3.63) is 17.8 Å². The molecule has 0 bridgehead atoms. The smallest absolute Gasteiger partial charge is 0.242 e. The molecule has 0 saturated heterocycles. The molecule has 0 saturated carbocycles. The highest BCUT2D eigenvalue weighted by Gasteiger charge is 2.13. The summed E-state index contributed by atoms with van der Waals surface area (Å²) in [4.78, 5) is 16.0. The first-order valence-corrected chi connectivity index (χ1v) is 5.81. The maximum Gasteiger partial charge on any atom is 0.242 e. The molecule has 18 heavy (non-hydrogen) atoms. The van der Waals surface area contributed by atoms with Gasteiger partial charge in [0, 0.05) is 19.3 Å². The first-order chi connectivity index (χ1) is 8.54. The van der Waals surface area contributed by atoms with Crippen LogP contribution in [0.15, 0.2) is 12.1 Å². The number of nitrogens with two attached hydrogens (primary N) is 1. The Morgan fingerprint density at radius 1 is 1.56 bits per heavy atom. The molecule has 0 fully saturated rings. The van der Waals surface area contributed by atoms with Crippen molar-refractivity contribution < 1.29 is 9.53 Å². The van der Waals surface area contributed by atoms with Crippen molar-refractivity contribution in [3.63, 3.8) is 0 Å². The molecule has 6 nitrogen and oxygen atoms in total. The number of carbonyl (C=O) groups is 1. The second-order valence-corrected chi connectivity index (χ2v) is 4.04. The fraction of sp³-hybridized carbons (Fsp3) is 0.500. The van der Waals surface area contributed by atoms with Gasteiger partial charge < -0.3 is 21.1 Å². The number of pyridine rings is 1. The van der Waals surface area contributed by atoms with E-state index in [-0.39, 0.29) is 5.91 Å². The Labute approximate surface area is 107 Å². The highest BCUT2D eigenvalue weighted by atomic mass is 16.5. The predicted molar refractivity (Wildman–Crippen MR) is 71.4 cm³/mol. The monoisotopic (exact) mass is 252 g/mol. The van der Waals surface area contributed by atoms with E-state index in [0.717, 1.165) is 5.69 Å². The third kappa shape index (κ3) is 4.21. The summed E-state index contributed by atoms with van der Waals surface area (Å²) in [5.74, 6) is 0.416. The van der Waals surface area contributed by atoms with Crippen molar-refractivity contribution in [3.8, 4) is 0 Å². The number of aryl methyl sites for hydroxylation is 1. The topological polar surface area (TPSA) is 89.3 Å². The summed E-state index contributed by atoms with van der Waals surface area (Å²) in [6, 6.07) is 3.18. The lowest BCUT2D eigenvalue weighted by atomic mass is 10.2. The van der Waals surface area contributed by atoms with Gasteiger partial charge in [-0.25, -0.2) is 4.98 Å². The molecule has 1 heterocycles. The number of nitrogen functional groups attached to an aromatic ring is 1. The molecule has 100 valence electrons. The van der Waals surface area contributed by atoms with Crippen molar-refractivity contribution in [2.75, 3.05) is 31.3 Å². The van der Waals surface area contributed by atoms with Gasteiger partial charge in [-0.05, 0) is 26.0 Å². The fourth-order valence-electron chi connectivity index (χ4n) is 1.38. The zero-order valence-electron chi connectivity index (χ0n) is 11.0. The largest absolute Gasteiger partial charge is 0.396 e.